The molecule has 5 heteroatoms. The van der Waals surface area contributed by atoms with Crippen molar-refractivity contribution in [3.63, 3.8) is 0 Å². The molecule has 1 heterocycles. The van der Waals surface area contributed by atoms with Crippen LogP contribution in [0, 0.1) is 5.92 Å². The van der Waals surface area contributed by atoms with E-state index in [2.05, 4.69) is 43.6 Å². The maximum Gasteiger partial charge on any atom is 0.246 e. The summed E-state index contributed by atoms with van der Waals surface area (Å²) in [5.74, 6) is 0.905. The molecule has 0 aromatic heterocycles. The summed E-state index contributed by atoms with van der Waals surface area (Å²) in [5.41, 5.74) is 3.24. The molecule has 112 valence electrons. The molecular weight excluding hydrogens is 330 g/mol. The van der Waals surface area contributed by atoms with E-state index < -0.39 is 0 Å². The molecule has 3 aliphatic rings. The standard InChI is InChI=1S/C16H20BrN3O/c1-18-15-11-6-12(17)14(7-13(11)19-16(15)21)20(10-4-5-10)8-9-2-3-9/h6-7,9-10,15,18H,2-5,8H2,1H3,(H,19,21). The molecule has 1 atom stereocenters. The Kier molecular flexibility index (Phi) is 3.23. The number of carbonyl (C=O) groups is 1. The van der Waals surface area contributed by atoms with Crippen LogP contribution in [-0.4, -0.2) is 25.5 Å². The van der Waals surface area contributed by atoms with Gasteiger partial charge in [0.1, 0.15) is 6.04 Å². The first-order valence-corrected chi connectivity index (χ1v) is 8.55. The Bertz CT molecular complexity index is 595. The van der Waals surface area contributed by atoms with Gasteiger partial charge in [-0.2, -0.15) is 0 Å². The number of halogens is 1. The van der Waals surface area contributed by atoms with Gasteiger partial charge in [0.05, 0.1) is 5.69 Å². The van der Waals surface area contributed by atoms with Crippen LogP contribution in [0.2, 0.25) is 0 Å². The average molecular weight is 350 g/mol. The van der Waals surface area contributed by atoms with E-state index in [4.69, 9.17) is 0 Å². The largest absolute Gasteiger partial charge is 0.367 e. The third-order valence-corrected chi connectivity index (χ3v) is 5.32. The van der Waals surface area contributed by atoms with Crippen molar-refractivity contribution < 1.29 is 4.79 Å². The average Bonchev–Trinajstić information content (AvgIpc) is 3.34. The van der Waals surface area contributed by atoms with Crippen molar-refractivity contribution in [1.29, 1.82) is 0 Å². The summed E-state index contributed by atoms with van der Waals surface area (Å²) < 4.78 is 1.10. The van der Waals surface area contributed by atoms with Gasteiger partial charge in [-0.05, 0) is 66.7 Å². The molecule has 2 saturated carbocycles. The Morgan fingerprint density at radius 2 is 2.10 bits per heavy atom. The van der Waals surface area contributed by atoms with Crippen LogP contribution in [0.4, 0.5) is 11.4 Å². The molecule has 0 radical (unpaired) electrons. The lowest BCUT2D eigenvalue weighted by molar-refractivity contribution is -0.117. The highest BCUT2D eigenvalue weighted by molar-refractivity contribution is 9.10. The molecule has 1 amide bonds. The normalized spacial score (nSPS) is 23.9. The van der Waals surface area contributed by atoms with Crippen LogP contribution < -0.4 is 15.5 Å². The van der Waals surface area contributed by atoms with E-state index in [1.807, 2.05) is 7.05 Å². The topological polar surface area (TPSA) is 44.4 Å². The molecule has 4 rings (SSSR count). The van der Waals surface area contributed by atoms with Gasteiger partial charge in [-0.3, -0.25) is 4.79 Å². The Balaban J connectivity index is 1.69. The first-order chi connectivity index (χ1) is 10.2. The molecule has 1 aromatic carbocycles. The number of amides is 1. The molecule has 1 aromatic rings. The maximum atomic E-state index is 12.0. The third-order valence-electron chi connectivity index (χ3n) is 4.69. The zero-order valence-corrected chi connectivity index (χ0v) is 13.7. The quantitative estimate of drug-likeness (QED) is 0.858. The Labute approximate surface area is 133 Å². The molecule has 1 unspecified atom stereocenters. The number of anilines is 2. The van der Waals surface area contributed by atoms with E-state index in [1.54, 1.807) is 0 Å². The van der Waals surface area contributed by atoms with Crippen molar-refractivity contribution in [2.24, 2.45) is 5.92 Å². The zero-order valence-electron chi connectivity index (χ0n) is 12.2. The maximum absolute atomic E-state index is 12.0. The van der Waals surface area contributed by atoms with Gasteiger partial charge >= 0.3 is 0 Å². The minimum absolute atomic E-state index is 0.0386. The summed E-state index contributed by atoms with van der Waals surface area (Å²) in [6.45, 7) is 1.16. The van der Waals surface area contributed by atoms with Crippen LogP contribution in [0.15, 0.2) is 16.6 Å². The minimum Gasteiger partial charge on any atom is -0.367 e. The summed E-state index contributed by atoms with van der Waals surface area (Å²) in [6.07, 6.45) is 5.32. The van der Waals surface area contributed by atoms with Gasteiger partial charge in [0, 0.05) is 28.3 Å². The fraction of sp³-hybridized carbons (Fsp3) is 0.562. The van der Waals surface area contributed by atoms with E-state index in [0.717, 1.165) is 28.2 Å². The predicted molar refractivity (Wildman–Crippen MR) is 87.7 cm³/mol. The van der Waals surface area contributed by atoms with Gasteiger partial charge in [-0.1, -0.05) is 0 Å². The van der Waals surface area contributed by atoms with Crippen LogP contribution >= 0.6 is 15.9 Å². The molecule has 4 nitrogen and oxygen atoms in total. The second kappa shape index (κ2) is 4.99. The molecule has 0 spiro atoms. The van der Waals surface area contributed by atoms with Gasteiger partial charge in [0.25, 0.3) is 0 Å². The van der Waals surface area contributed by atoms with Crippen LogP contribution in [-0.2, 0) is 4.79 Å². The first kappa shape index (κ1) is 13.6. The number of rotatable bonds is 5. The lowest BCUT2D eigenvalue weighted by Gasteiger charge is -2.26. The molecule has 0 saturated heterocycles. The number of benzene rings is 1. The Morgan fingerprint density at radius 3 is 2.71 bits per heavy atom. The second-order valence-electron chi connectivity index (χ2n) is 6.43. The second-order valence-corrected chi connectivity index (χ2v) is 7.28. The molecule has 2 fully saturated rings. The molecule has 2 N–H and O–H groups in total. The molecule has 21 heavy (non-hydrogen) atoms. The number of nitrogens with zero attached hydrogens (tertiary/aromatic N) is 1. The summed E-state index contributed by atoms with van der Waals surface area (Å²) in [4.78, 5) is 14.5. The SMILES string of the molecule is CNC1C(=O)Nc2cc(N(CC3CC3)C3CC3)c(Br)cc21. The summed E-state index contributed by atoms with van der Waals surface area (Å²) in [7, 11) is 1.82. The number of hydrogen-bond acceptors (Lipinski definition) is 3. The fourth-order valence-electron chi connectivity index (χ4n) is 3.19. The van der Waals surface area contributed by atoms with Crippen molar-refractivity contribution in [3.05, 3.63) is 22.2 Å². The van der Waals surface area contributed by atoms with Gasteiger partial charge < -0.3 is 15.5 Å². The van der Waals surface area contributed by atoms with Gasteiger partial charge in [0.15, 0.2) is 0 Å². The third kappa shape index (κ3) is 2.46. The highest BCUT2D eigenvalue weighted by atomic mass is 79.9. The molecule has 2 aliphatic carbocycles. The highest BCUT2D eigenvalue weighted by Gasteiger charge is 2.36. The highest BCUT2D eigenvalue weighted by Crippen LogP contribution is 2.44. The smallest absolute Gasteiger partial charge is 0.246 e. The van der Waals surface area contributed by atoms with Crippen LogP contribution in [0.3, 0.4) is 0 Å². The number of fused-ring (bicyclic) bond motifs is 1. The van der Waals surface area contributed by atoms with Crippen molar-refractivity contribution in [2.45, 2.75) is 37.8 Å². The van der Waals surface area contributed by atoms with Gasteiger partial charge in [-0.25, -0.2) is 0 Å². The van der Waals surface area contributed by atoms with Gasteiger partial charge in [0.2, 0.25) is 5.91 Å². The van der Waals surface area contributed by atoms with Crippen molar-refractivity contribution in [2.75, 3.05) is 23.8 Å². The van der Waals surface area contributed by atoms with Crippen LogP contribution in [0.25, 0.3) is 0 Å². The van der Waals surface area contributed by atoms with Crippen LogP contribution in [0.1, 0.15) is 37.3 Å². The first-order valence-electron chi connectivity index (χ1n) is 7.75. The lowest BCUT2D eigenvalue weighted by Crippen LogP contribution is -2.28. The Hall–Kier alpha value is -1.07. The Morgan fingerprint density at radius 1 is 1.33 bits per heavy atom. The van der Waals surface area contributed by atoms with Gasteiger partial charge in [-0.15, -0.1) is 0 Å². The number of likely N-dealkylation sites (N-methyl/N-ethyl adjacent to an activating group) is 1. The van der Waals surface area contributed by atoms with E-state index in [1.165, 1.54) is 31.4 Å². The van der Waals surface area contributed by atoms with Crippen LogP contribution in [0.5, 0.6) is 0 Å². The zero-order chi connectivity index (χ0) is 14.6. The summed E-state index contributed by atoms with van der Waals surface area (Å²) >= 11 is 3.73. The van der Waals surface area contributed by atoms with Crippen molar-refractivity contribution in [3.8, 4) is 0 Å². The van der Waals surface area contributed by atoms with Crippen molar-refractivity contribution >= 4 is 33.2 Å². The van der Waals surface area contributed by atoms with E-state index >= 15 is 0 Å². The number of nitrogens with one attached hydrogen (secondary N) is 2. The monoisotopic (exact) mass is 349 g/mol. The van der Waals surface area contributed by atoms with Crippen molar-refractivity contribution in [1.82, 2.24) is 5.32 Å². The number of hydrogen-bond donors (Lipinski definition) is 2. The summed E-state index contributed by atoms with van der Waals surface area (Å²) in [6, 6.07) is 4.71. The molecule has 0 bridgehead atoms. The number of carbonyl (C=O) groups excluding carboxylic acids is 1. The summed E-state index contributed by atoms with van der Waals surface area (Å²) in [5, 5.41) is 6.08. The molecular formula is C16H20BrN3O. The fourth-order valence-corrected chi connectivity index (χ4v) is 3.77. The van der Waals surface area contributed by atoms with E-state index in [0.29, 0.717) is 6.04 Å². The van der Waals surface area contributed by atoms with E-state index in [9.17, 15) is 4.79 Å². The lowest BCUT2D eigenvalue weighted by atomic mass is 10.1. The minimum atomic E-state index is -0.233. The predicted octanol–water partition coefficient (Wildman–Crippen LogP) is 3.04. The van der Waals surface area contributed by atoms with E-state index in [-0.39, 0.29) is 11.9 Å². The molecule has 1 aliphatic heterocycles.